The van der Waals surface area contributed by atoms with Crippen LogP contribution in [-0.2, 0) is 9.53 Å². The monoisotopic (exact) mass is 493 g/mol. The van der Waals surface area contributed by atoms with Crippen molar-refractivity contribution in [2.45, 2.75) is 20.0 Å². The van der Waals surface area contributed by atoms with Crippen LogP contribution in [0, 0.1) is 28.6 Å². The second-order valence-corrected chi connectivity index (χ2v) is 9.28. The number of nitriles is 1. The molecule has 0 spiro atoms. The average Bonchev–Trinajstić information content (AvgIpc) is 3.21. The Bertz CT molecular complexity index is 978. The largest absolute Gasteiger partial charge is 0.457 e. The van der Waals surface area contributed by atoms with E-state index in [1.807, 2.05) is 44.2 Å². The Morgan fingerprint density at radius 1 is 1.21 bits per heavy atom. The number of carbonyl (C=O) groups is 1. The molecule has 1 fully saturated rings. The standard InChI is InChI=1S/C22H18BrCl2NO3/c1-22(2)17(11-19(24)25)20(22)21(27)29-18(12-26)13-4-3-5-16(10-13)28-15-8-6-14(23)7-9-15/h3-11,17-18,20H,1-2H3. The molecule has 0 aromatic heterocycles. The first-order valence-corrected chi connectivity index (χ1v) is 10.4. The van der Waals surface area contributed by atoms with E-state index in [4.69, 9.17) is 32.7 Å². The number of nitrogens with zero attached hydrogens (tertiary/aromatic N) is 1. The van der Waals surface area contributed by atoms with Crippen molar-refractivity contribution < 1.29 is 14.3 Å². The van der Waals surface area contributed by atoms with Gasteiger partial charge in [-0.3, -0.25) is 4.79 Å². The van der Waals surface area contributed by atoms with E-state index in [2.05, 4.69) is 15.9 Å². The van der Waals surface area contributed by atoms with Crippen LogP contribution < -0.4 is 4.74 Å². The molecular weight excluding hydrogens is 477 g/mol. The Kier molecular flexibility index (Phi) is 6.58. The first-order chi connectivity index (χ1) is 13.7. The number of allylic oxidation sites excluding steroid dienone is 1. The molecule has 2 aromatic rings. The molecule has 7 heteroatoms. The average molecular weight is 495 g/mol. The number of carbonyl (C=O) groups excluding carboxylic acids is 1. The molecule has 4 nitrogen and oxygen atoms in total. The Morgan fingerprint density at radius 2 is 1.90 bits per heavy atom. The fraction of sp³-hybridized carbons (Fsp3) is 0.273. The van der Waals surface area contributed by atoms with E-state index in [-0.39, 0.29) is 15.8 Å². The van der Waals surface area contributed by atoms with Crippen LogP contribution in [0.1, 0.15) is 25.5 Å². The van der Waals surface area contributed by atoms with Crippen LogP contribution in [0.3, 0.4) is 0 Å². The van der Waals surface area contributed by atoms with Gasteiger partial charge in [-0.25, -0.2) is 0 Å². The maximum absolute atomic E-state index is 12.6. The van der Waals surface area contributed by atoms with E-state index in [0.717, 1.165) is 4.47 Å². The van der Waals surface area contributed by atoms with Gasteiger partial charge in [0.1, 0.15) is 22.1 Å². The molecule has 1 aliphatic rings. The summed E-state index contributed by atoms with van der Waals surface area (Å²) >= 11 is 14.9. The number of esters is 1. The van der Waals surface area contributed by atoms with E-state index in [1.165, 1.54) is 0 Å². The van der Waals surface area contributed by atoms with Crippen LogP contribution >= 0.6 is 39.1 Å². The van der Waals surface area contributed by atoms with Crippen LogP contribution in [0.15, 0.2) is 63.6 Å². The fourth-order valence-electron chi connectivity index (χ4n) is 3.31. The number of benzene rings is 2. The topological polar surface area (TPSA) is 59.3 Å². The fourth-order valence-corrected chi connectivity index (χ4v) is 3.85. The molecule has 1 aliphatic carbocycles. The Labute approximate surface area is 188 Å². The number of hydrogen-bond donors (Lipinski definition) is 0. The van der Waals surface area contributed by atoms with Crippen molar-refractivity contribution in [3.8, 4) is 17.6 Å². The summed E-state index contributed by atoms with van der Waals surface area (Å²) in [5, 5.41) is 9.56. The summed E-state index contributed by atoms with van der Waals surface area (Å²) in [5.74, 6) is 0.238. The molecule has 0 amide bonds. The van der Waals surface area contributed by atoms with Gasteiger partial charge in [-0.1, -0.05) is 65.1 Å². The molecule has 29 heavy (non-hydrogen) atoms. The Balaban J connectivity index is 1.72. The van der Waals surface area contributed by atoms with Gasteiger partial charge in [0.15, 0.2) is 0 Å². The van der Waals surface area contributed by atoms with Crippen molar-refractivity contribution in [3.63, 3.8) is 0 Å². The first-order valence-electron chi connectivity index (χ1n) is 8.88. The van der Waals surface area contributed by atoms with E-state index in [9.17, 15) is 10.1 Å². The Hall–Kier alpha value is -2.00. The molecule has 1 saturated carbocycles. The minimum atomic E-state index is -1.04. The van der Waals surface area contributed by atoms with Crippen LogP contribution in [0.25, 0.3) is 0 Å². The van der Waals surface area contributed by atoms with Crippen molar-refractivity contribution in [3.05, 3.63) is 69.1 Å². The first kappa shape index (κ1) is 21.7. The van der Waals surface area contributed by atoms with Gasteiger partial charge in [0.05, 0.1) is 5.92 Å². The minimum Gasteiger partial charge on any atom is -0.457 e. The lowest BCUT2D eigenvalue weighted by molar-refractivity contribution is -0.149. The summed E-state index contributed by atoms with van der Waals surface area (Å²) in [7, 11) is 0. The van der Waals surface area contributed by atoms with E-state index < -0.39 is 18.0 Å². The molecule has 0 saturated heterocycles. The van der Waals surface area contributed by atoms with Gasteiger partial charge in [-0.05, 0) is 53.8 Å². The van der Waals surface area contributed by atoms with Crippen LogP contribution in [0.2, 0.25) is 0 Å². The Morgan fingerprint density at radius 3 is 2.52 bits per heavy atom. The molecule has 0 radical (unpaired) electrons. The lowest BCUT2D eigenvalue weighted by Gasteiger charge is -2.13. The third-order valence-electron chi connectivity index (χ3n) is 5.03. The van der Waals surface area contributed by atoms with Crippen molar-refractivity contribution in [2.75, 3.05) is 0 Å². The maximum Gasteiger partial charge on any atom is 0.311 e. The molecule has 2 aromatic carbocycles. The van der Waals surface area contributed by atoms with E-state index >= 15 is 0 Å². The van der Waals surface area contributed by atoms with Crippen molar-refractivity contribution in [1.82, 2.24) is 0 Å². The van der Waals surface area contributed by atoms with E-state index in [1.54, 1.807) is 30.3 Å². The number of rotatable bonds is 6. The van der Waals surface area contributed by atoms with Gasteiger partial charge in [0.25, 0.3) is 0 Å². The highest BCUT2D eigenvalue weighted by Crippen LogP contribution is 2.60. The number of halogens is 3. The predicted octanol–water partition coefficient (Wildman–Crippen LogP) is 6.94. The van der Waals surface area contributed by atoms with E-state index in [0.29, 0.717) is 17.1 Å². The minimum absolute atomic E-state index is 0.119. The highest BCUT2D eigenvalue weighted by atomic mass is 79.9. The third kappa shape index (κ3) is 5.14. The summed E-state index contributed by atoms with van der Waals surface area (Å²) < 4.78 is 12.4. The van der Waals surface area contributed by atoms with Gasteiger partial charge < -0.3 is 9.47 Å². The lowest BCUT2D eigenvalue weighted by Crippen LogP contribution is -2.14. The molecule has 150 valence electrons. The zero-order valence-electron chi connectivity index (χ0n) is 15.7. The van der Waals surface area contributed by atoms with Gasteiger partial charge in [0, 0.05) is 10.0 Å². The van der Waals surface area contributed by atoms with Crippen molar-refractivity contribution >= 4 is 45.1 Å². The third-order valence-corrected chi connectivity index (χ3v) is 5.81. The summed E-state index contributed by atoms with van der Waals surface area (Å²) in [4.78, 5) is 12.6. The molecule has 0 aliphatic heterocycles. The van der Waals surface area contributed by atoms with Gasteiger partial charge >= 0.3 is 5.97 Å². The van der Waals surface area contributed by atoms with Crippen molar-refractivity contribution in [2.24, 2.45) is 17.3 Å². The van der Waals surface area contributed by atoms with Gasteiger partial charge in [-0.15, -0.1) is 0 Å². The smallest absolute Gasteiger partial charge is 0.311 e. The second-order valence-electron chi connectivity index (χ2n) is 7.36. The summed E-state index contributed by atoms with van der Waals surface area (Å²) in [6.07, 6.45) is 0.604. The van der Waals surface area contributed by atoms with Crippen LogP contribution in [0.4, 0.5) is 0 Å². The molecular formula is C22H18BrCl2NO3. The molecule has 0 heterocycles. The number of ether oxygens (including phenoxy) is 2. The molecule has 0 N–H and O–H groups in total. The molecule has 3 unspecified atom stereocenters. The molecule has 3 atom stereocenters. The van der Waals surface area contributed by atoms with Crippen LogP contribution in [-0.4, -0.2) is 5.97 Å². The maximum atomic E-state index is 12.6. The zero-order chi connectivity index (χ0) is 21.2. The number of hydrogen-bond acceptors (Lipinski definition) is 4. The summed E-state index contributed by atoms with van der Waals surface area (Å²) in [6.45, 7) is 3.87. The predicted molar refractivity (Wildman–Crippen MR) is 116 cm³/mol. The van der Waals surface area contributed by atoms with Gasteiger partial charge in [0.2, 0.25) is 6.10 Å². The SMILES string of the molecule is CC1(C)C(C=C(Cl)Cl)C1C(=O)OC(C#N)c1cccc(Oc2ccc(Br)cc2)c1. The molecule has 0 bridgehead atoms. The summed E-state index contributed by atoms with van der Waals surface area (Å²) in [6, 6.07) is 16.4. The highest BCUT2D eigenvalue weighted by molar-refractivity contribution is 9.10. The highest BCUT2D eigenvalue weighted by Gasteiger charge is 2.62. The second kappa shape index (κ2) is 8.79. The normalized spacial score (nSPS) is 20.1. The lowest BCUT2D eigenvalue weighted by atomic mass is 10.1. The zero-order valence-corrected chi connectivity index (χ0v) is 18.8. The molecule has 3 rings (SSSR count). The van der Waals surface area contributed by atoms with Crippen LogP contribution in [0.5, 0.6) is 11.5 Å². The van der Waals surface area contributed by atoms with Crippen molar-refractivity contribution in [1.29, 1.82) is 5.26 Å². The van der Waals surface area contributed by atoms with Gasteiger partial charge in [-0.2, -0.15) is 5.26 Å². The quantitative estimate of drug-likeness (QED) is 0.408. The summed E-state index contributed by atoms with van der Waals surface area (Å²) in [5.41, 5.74) is 0.218.